The molecule has 1 aliphatic heterocycles. The quantitative estimate of drug-likeness (QED) is 0.756. The molecular formula is C19H19NO5. The first-order valence-corrected chi connectivity index (χ1v) is 7.89. The lowest BCUT2D eigenvalue weighted by Gasteiger charge is -2.18. The van der Waals surface area contributed by atoms with Gasteiger partial charge in [-0.05, 0) is 48.9 Å². The lowest BCUT2D eigenvalue weighted by atomic mass is 10.1. The van der Waals surface area contributed by atoms with E-state index in [0.717, 1.165) is 11.3 Å². The number of hydrogen-bond donors (Lipinski definition) is 0. The first kappa shape index (κ1) is 16.8. The van der Waals surface area contributed by atoms with Gasteiger partial charge in [0.2, 0.25) is 6.79 Å². The minimum Gasteiger partial charge on any atom is -0.484 e. The van der Waals surface area contributed by atoms with Crippen molar-refractivity contribution in [2.24, 2.45) is 0 Å². The summed E-state index contributed by atoms with van der Waals surface area (Å²) in [5, 5.41) is 0. The molecule has 1 heterocycles. The molecule has 0 bridgehead atoms. The van der Waals surface area contributed by atoms with Gasteiger partial charge in [-0.3, -0.25) is 9.59 Å². The van der Waals surface area contributed by atoms with Crippen molar-refractivity contribution >= 4 is 11.7 Å². The number of benzene rings is 2. The molecule has 2 aromatic carbocycles. The Kier molecular flexibility index (Phi) is 4.88. The van der Waals surface area contributed by atoms with Gasteiger partial charge in [0.1, 0.15) is 5.75 Å². The number of amides is 1. The fourth-order valence-corrected chi connectivity index (χ4v) is 2.44. The molecule has 2 aromatic rings. The molecule has 0 fully saturated rings. The first-order chi connectivity index (χ1) is 12.0. The summed E-state index contributed by atoms with van der Waals surface area (Å²) >= 11 is 0. The Labute approximate surface area is 145 Å². The Morgan fingerprint density at radius 3 is 2.52 bits per heavy atom. The molecule has 6 heteroatoms. The molecule has 0 radical (unpaired) electrons. The minimum atomic E-state index is -0.145. The molecule has 0 saturated carbocycles. The Bertz CT molecular complexity index is 785. The lowest BCUT2D eigenvalue weighted by molar-refractivity contribution is -0.132. The maximum Gasteiger partial charge on any atom is 0.260 e. The number of likely N-dealkylation sites (N-methyl/N-ethyl adjacent to an activating group) is 1. The Morgan fingerprint density at radius 1 is 1.08 bits per heavy atom. The predicted molar refractivity (Wildman–Crippen MR) is 91.0 cm³/mol. The maximum absolute atomic E-state index is 12.2. The molecule has 130 valence electrons. The van der Waals surface area contributed by atoms with E-state index in [-0.39, 0.29) is 25.1 Å². The number of fused-ring (bicyclic) bond motifs is 1. The van der Waals surface area contributed by atoms with Crippen LogP contribution >= 0.6 is 0 Å². The minimum absolute atomic E-state index is 0.00825. The molecule has 1 amide bonds. The summed E-state index contributed by atoms with van der Waals surface area (Å²) in [5.41, 5.74) is 1.56. The van der Waals surface area contributed by atoms with Crippen LogP contribution in [0.2, 0.25) is 0 Å². The third-order valence-electron chi connectivity index (χ3n) is 3.91. The van der Waals surface area contributed by atoms with Crippen LogP contribution in [0.4, 0.5) is 0 Å². The molecule has 1 aliphatic rings. The predicted octanol–water partition coefficient (Wildman–Crippen LogP) is 2.66. The molecule has 0 spiro atoms. The number of nitrogens with zero attached hydrogens (tertiary/aromatic N) is 1. The van der Waals surface area contributed by atoms with Crippen LogP contribution < -0.4 is 14.2 Å². The lowest BCUT2D eigenvalue weighted by Crippen LogP contribution is -2.30. The molecule has 0 unspecified atom stereocenters. The van der Waals surface area contributed by atoms with E-state index < -0.39 is 0 Å². The zero-order valence-electron chi connectivity index (χ0n) is 14.2. The van der Waals surface area contributed by atoms with Crippen molar-refractivity contribution in [3.05, 3.63) is 53.6 Å². The van der Waals surface area contributed by atoms with E-state index in [1.165, 1.54) is 6.92 Å². The van der Waals surface area contributed by atoms with Crippen LogP contribution in [0, 0.1) is 0 Å². The van der Waals surface area contributed by atoms with Gasteiger partial charge in [-0.25, -0.2) is 0 Å². The monoisotopic (exact) mass is 341 g/mol. The zero-order valence-corrected chi connectivity index (χ0v) is 14.2. The smallest absolute Gasteiger partial charge is 0.260 e. The van der Waals surface area contributed by atoms with Crippen molar-refractivity contribution in [1.29, 1.82) is 0 Å². The van der Waals surface area contributed by atoms with Gasteiger partial charge in [0.05, 0.1) is 0 Å². The molecule has 0 N–H and O–H groups in total. The Morgan fingerprint density at radius 2 is 1.80 bits per heavy atom. The van der Waals surface area contributed by atoms with Gasteiger partial charge in [-0.1, -0.05) is 6.07 Å². The van der Waals surface area contributed by atoms with Gasteiger partial charge in [0, 0.05) is 19.2 Å². The van der Waals surface area contributed by atoms with Crippen LogP contribution in [-0.2, 0) is 11.3 Å². The fourth-order valence-electron chi connectivity index (χ4n) is 2.44. The van der Waals surface area contributed by atoms with Crippen LogP contribution in [-0.4, -0.2) is 37.0 Å². The van der Waals surface area contributed by atoms with Gasteiger partial charge in [0.25, 0.3) is 5.91 Å². The molecule has 6 nitrogen and oxygen atoms in total. The second-order valence-electron chi connectivity index (χ2n) is 5.81. The van der Waals surface area contributed by atoms with Crippen LogP contribution in [0.3, 0.4) is 0 Å². The normalized spacial score (nSPS) is 11.9. The molecule has 0 aliphatic carbocycles. The average Bonchev–Trinajstić information content (AvgIpc) is 3.07. The molecule has 0 aromatic heterocycles. The molecule has 3 rings (SSSR count). The highest BCUT2D eigenvalue weighted by molar-refractivity contribution is 5.94. The Hall–Kier alpha value is -3.02. The standard InChI is InChI=1S/C19H19NO5/c1-13(21)15-4-6-16(7-5-15)23-11-19(22)20(2)10-14-3-8-17-18(9-14)25-12-24-17/h3-9H,10-12H2,1-2H3. The topological polar surface area (TPSA) is 65.1 Å². The largest absolute Gasteiger partial charge is 0.484 e. The zero-order chi connectivity index (χ0) is 17.8. The second kappa shape index (κ2) is 7.25. The van der Waals surface area contributed by atoms with Gasteiger partial charge >= 0.3 is 0 Å². The van der Waals surface area contributed by atoms with Crippen molar-refractivity contribution in [1.82, 2.24) is 4.90 Å². The van der Waals surface area contributed by atoms with Gasteiger partial charge in [0.15, 0.2) is 23.9 Å². The highest BCUT2D eigenvalue weighted by Gasteiger charge is 2.15. The summed E-state index contributed by atoms with van der Waals surface area (Å²) in [7, 11) is 1.72. The van der Waals surface area contributed by atoms with Gasteiger partial charge < -0.3 is 19.1 Å². The number of hydrogen-bond acceptors (Lipinski definition) is 5. The summed E-state index contributed by atoms with van der Waals surface area (Å²) in [5.74, 6) is 1.81. The maximum atomic E-state index is 12.2. The van der Waals surface area contributed by atoms with Crippen LogP contribution in [0.1, 0.15) is 22.8 Å². The molecular weight excluding hydrogens is 322 g/mol. The van der Waals surface area contributed by atoms with E-state index in [1.807, 2.05) is 18.2 Å². The molecule has 0 atom stereocenters. The van der Waals surface area contributed by atoms with Crippen LogP contribution in [0.15, 0.2) is 42.5 Å². The number of Topliss-reactive ketones (excluding diaryl/α,β-unsaturated/α-hetero) is 1. The van der Waals surface area contributed by atoms with E-state index in [9.17, 15) is 9.59 Å². The van der Waals surface area contributed by atoms with E-state index >= 15 is 0 Å². The van der Waals surface area contributed by atoms with Gasteiger partial charge in [-0.15, -0.1) is 0 Å². The van der Waals surface area contributed by atoms with Crippen molar-refractivity contribution < 1.29 is 23.8 Å². The van der Waals surface area contributed by atoms with E-state index in [4.69, 9.17) is 14.2 Å². The third kappa shape index (κ3) is 4.09. The van der Waals surface area contributed by atoms with Crippen LogP contribution in [0.5, 0.6) is 17.2 Å². The van der Waals surface area contributed by atoms with Crippen molar-refractivity contribution in [3.63, 3.8) is 0 Å². The number of carbonyl (C=O) groups excluding carboxylic acids is 2. The highest BCUT2D eigenvalue weighted by Crippen LogP contribution is 2.32. The van der Waals surface area contributed by atoms with Crippen LogP contribution in [0.25, 0.3) is 0 Å². The van der Waals surface area contributed by atoms with Crippen molar-refractivity contribution in [3.8, 4) is 17.2 Å². The highest BCUT2D eigenvalue weighted by atomic mass is 16.7. The number of ether oxygens (including phenoxy) is 3. The summed E-state index contributed by atoms with van der Waals surface area (Å²) in [6.45, 7) is 2.11. The second-order valence-corrected chi connectivity index (χ2v) is 5.81. The number of carbonyl (C=O) groups is 2. The number of rotatable bonds is 6. The van der Waals surface area contributed by atoms with Crippen molar-refractivity contribution in [2.75, 3.05) is 20.4 Å². The van der Waals surface area contributed by atoms with E-state index in [2.05, 4.69) is 0 Å². The summed E-state index contributed by atoms with van der Waals surface area (Å²) in [4.78, 5) is 25.0. The van der Waals surface area contributed by atoms with E-state index in [1.54, 1.807) is 36.2 Å². The molecule has 25 heavy (non-hydrogen) atoms. The average molecular weight is 341 g/mol. The fraction of sp³-hybridized carbons (Fsp3) is 0.263. The number of ketones is 1. The molecule has 0 saturated heterocycles. The SMILES string of the molecule is CC(=O)c1ccc(OCC(=O)N(C)Cc2ccc3c(c2)OCO3)cc1. The summed E-state index contributed by atoms with van der Waals surface area (Å²) < 4.78 is 16.1. The summed E-state index contributed by atoms with van der Waals surface area (Å²) in [6, 6.07) is 12.3. The van der Waals surface area contributed by atoms with Gasteiger partial charge in [-0.2, -0.15) is 0 Å². The first-order valence-electron chi connectivity index (χ1n) is 7.89. The van der Waals surface area contributed by atoms with E-state index in [0.29, 0.717) is 23.6 Å². The van der Waals surface area contributed by atoms with Crippen molar-refractivity contribution in [2.45, 2.75) is 13.5 Å². The Balaban J connectivity index is 1.53. The summed E-state index contributed by atoms with van der Waals surface area (Å²) in [6.07, 6.45) is 0. The third-order valence-corrected chi connectivity index (χ3v) is 3.91.